The molecule has 0 fully saturated rings. The van der Waals surface area contributed by atoms with Gasteiger partial charge in [-0.1, -0.05) is 0 Å². The molecule has 0 aliphatic heterocycles. The van der Waals surface area contributed by atoms with Crippen LogP contribution in [0.2, 0.25) is 0 Å². The molecule has 7 heteroatoms. The van der Waals surface area contributed by atoms with Crippen molar-refractivity contribution in [2.75, 3.05) is 0 Å². The van der Waals surface area contributed by atoms with E-state index < -0.39 is 20.1 Å². The van der Waals surface area contributed by atoms with E-state index in [-0.39, 0.29) is 54.0 Å². The quantitative estimate of drug-likeness (QED) is 0.394. The molecule has 4 nitrogen and oxygen atoms in total. The van der Waals surface area contributed by atoms with Crippen molar-refractivity contribution in [3.05, 3.63) is 0 Å². The molecule has 42 valence electrons. The zero-order valence-corrected chi connectivity index (χ0v) is 9.49. The van der Waals surface area contributed by atoms with E-state index in [1.54, 1.807) is 0 Å². The van der Waals surface area contributed by atoms with Crippen molar-refractivity contribution in [2.45, 2.75) is 0 Å². The summed E-state index contributed by atoms with van der Waals surface area (Å²) in [4.78, 5) is 0. The third kappa shape index (κ3) is 61.8. The Morgan fingerprint density at radius 2 is 1.14 bits per heavy atom. The van der Waals surface area contributed by atoms with Crippen LogP contribution in [0.5, 0.6) is 0 Å². The fourth-order valence-corrected chi connectivity index (χ4v) is 0. The van der Waals surface area contributed by atoms with E-state index in [1.165, 1.54) is 0 Å². The van der Waals surface area contributed by atoms with Gasteiger partial charge in [0.1, 0.15) is 0 Å². The zero-order chi connectivity index (χ0) is 4.50. The van der Waals surface area contributed by atoms with Gasteiger partial charge in [0.25, 0.3) is 0 Å². The molecule has 0 amide bonds. The Labute approximate surface area is 85.7 Å². The molecule has 7 heavy (non-hydrogen) atoms. The van der Waals surface area contributed by atoms with Gasteiger partial charge in [0.2, 0.25) is 0 Å². The molecule has 0 aromatic rings. The fourth-order valence-electron chi connectivity index (χ4n) is 0. The summed E-state index contributed by atoms with van der Waals surface area (Å²) >= 11 is -5.35. The summed E-state index contributed by atoms with van der Waals surface area (Å²) in [6, 6.07) is 0. The van der Waals surface area contributed by atoms with Crippen LogP contribution in [0.1, 0.15) is 0 Å². The Balaban J connectivity index is -0.0000000800. The molecule has 0 bridgehead atoms. The van der Waals surface area contributed by atoms with Gasteiger partial charge in [-0.2, -0.15) is 0 Å². The number of hydrogen-bond acceptors (Lipinski definition) is 1. The van der Waals surface area contributed by atoms with E-state index >= 15 is 0 Å². The topological polar surface area (TPSA) is 77.8 Å². The minimum absolute atomic E-state index is 0. The van der Waals surface area contributed by atoms with Crippen molar-refractivity contribution in [3.63, 3.8) is 0 Å². The van der Waals surface area contributed by atoms with Gasteiger partial charge in [-0.3, -0.25) is 0 Å². The van der Waals surface area contributed by atoms with Crippen LogP contribution >= 0.6 is 0 Å². The molecule has 3 N–H and O–H groups in total. The minimum atomic E-state index is -5.35. The van der Waals surface area contributed by atoms with Gasteiger partial charge in [-0.25, -0.2) is 0 Å². The molecule has 0 aliphatic rings. The molecule has 0 aliphatic carbocycles. The van der Waals surface area contributed by atoms with Gasteiger partial charge in [0, 0.05) is 0 Å². The van der Waals surface area contributed by atoms with Crippen molar-refractivity contribution >= 4 is 74.0 Å². The van der Waals surface area contributed by atoms with Crippen molar-refractivity contribution in [3.8, 4) is 0 Å². The first kappa shape index (κ1) is 16.2. The Hall–Kier alpha value is 2.32. The second kappa shape index (κ2) is 6.44. The van der Waals surface area contributed by atoms with E-state index in [2.05, 4.69) is 0 Å². The maximum absolute atomic E-state index is 8.97. The van der Waals surface area contributed by atoms with Crippen LogP contribution in [0, 0.1) is 0 Å². The molecular weight excluding hydrogens is 331 g/mol. The zero-order valence-electron chi connectivity index (χ0n) is 2.90. The van der Waals surface area contributed by atoms with Gasteiger partial charge >= 0.3 is 87.2 Å². The molecule has 0 aromatic heterocycles. The van der Waals surface area contributed by atoms with Gasteiger partial charge < -0.3 is 0 Å². The third-order valence-electron chi connectivity index (χ3n) is 0. The van der Waals surface area contributed by atoms with E-state index in [0.29, 0.717) is 0 Å². The summed E-state index contributed by atoms with van der Waals surface area (Å²) in [7, 11) is 0. The summed E-state index contributed by atoms with van der Waals surface area (Å²) in [5.74, 6) is 0. The van der Waals surface area contributed by atoms with Crippen molar-refractivity contribution in [1.29, 1.82) is 0 Å². The molecule has 0 aromatic carbocycles. The summed E-state index contributed by atoms with van der Waals surface area (Å²) in [5.41, 5.74) is 0. The first-order valence-corrected chi connectivity index (χ1v) is 5.25. The van der Waals surface area contributed by atoms with Crippen LogP contribution in [0.15, 0.2) is 0 Å². The normalized spacial score (nSPS) is 8.43. The maximum atomic E-state index is 8.97. The monoisotopic (exact) mass is 336 g/mol. The summed E-state index contributed by atoms with van der Waals surface area (Å²) in [6.45, 7) is 0. The van der Waals surface area contributed by atoms with Gasteiger partial charge in [0.15, 0.2) is 0 Å². The molecule has 0 radical (unpaired) electrons. The third-order valence-corrected chi connectivity index (χ3v) is 0. The Kier molecular flexibility index (Phi) is 14.9. The van der Waals surface area contributed by atoms with Gasteiger partial charge in [0.05, 0.1) is 0 Å². The molecule has 0 heterocycles. The van der Waals surface area contributed by atoms with Gasteiger partial charge in [-0.05, 0) is 0 Å². The summed E-state index contributed by atoms with van der Waals surface area (Å²) < 4.78 is 30.8. The van der Waals surface area contributed by atoms with Crippen LogP contribution < -0.4 is 0 Å². The second-order valence-corrected chi connectivity index (χ2v) is 3.44. The summed E-state index contributed by atoms with van der Waals surface area (Å²) in [6.07, 6.45) is 0. The molecule has 0 spiro atoms. The second-order valence-electron chi connectivity index (χ2n) is 0.513. The fraction of sp³-hybridized carbons (Fsp3) is 0. The average Bonchev–Trinajstić information content (AvgIpc) is 0.722. The van der Waals surface area contributed by atoms with Crippen LogP contribution in [-0.4, -0.2) is 84.2 Å². The molecule has 0 saturated heterocycles. The molecular formula is H7NaO4Sb2. The molecule has 0 atom stereocenters. The van der Waals surface area contributed by atoms with E-state index in [1.807, 2.05) is 0 Å². The molecule has 0 rings (SSSR count). The summed E-state index contributed by atoms with van der Waals surface area (Å²) in [5, 5.41) is 0. The van der Waals surface area contributed by atoms with Crippen molar-refractivity contribution < 1.29 is 13.2 Å². The first-order valence-electron chi connectivity index (χ1n) is 0.783. The predicted molar refractivity (Wildman–Crippen MR) is 30.2 cm³/mol. The SMILES string of the molecule is [NaH].[O]=[Sb]([OH])([OH])[OH].[SbH3]. The molecule has 0 saturated carbocycles. The van der Waals surface area contributed by atoms with Crippen LogP contribution in [0.3, 0.4) is 0 Å². The Morgan fingerprint density at radius 1 is 1.14 bits per heavy atom. The van der Waals surface area contributed by atoms with Crippen molar-refractivity contribution in [1.82, 2.24) is 0 Å². The van der Waals surface area contributed by atoms with Gasteiger partial charge in [-0.15, -0.1) is 0 Å². The van der Waals surface area contributed by atoms with E-state index in [4.69, 9.17) is 13.2 Å². The molecule has 0 unspecified atom stereocenters. The number of hydrogen-bond donors (Lipinski definition) is 3. The number of rotatable bonds is 0. The van der Waals surface area contributed by atoms with E-state index in [9.17, 15) is 0 Å². The predicted octanol–water partition coefficient (Wildman–Crippen LogP) is -4.00. The standard InChI is InChI=1S/Na.3H2O.O.2Sb.4H/h;3*1H2;;;;;;;/q;;;;;;+3;;;;/p-3. The average molecular weight is 338 g/mol. The first-order chi connectivity index (χ1) is 2.00. The van der Waals surface area contributed by atoms with Crippen LogP contribution in [0.25, 0.3) is 0 Å². The van der Waals surface area contributed by atoms with Crippen molar-refractivity contribution in [2.24, 2.45) is 0 Å². The van der Waals surface area contributed by atoms with Crippen LogP contribution in [0.4, 0.5) is 0 Å². The van der Waals surface area contributed by atoms with E-state index in [0.717, 1.165) is 0 Å². The Bertz CT molecular complexity index is 55.8. The van der Waals surface area contributed by atoms with Crippen LogP contribution in [-0.2, 0) is 3.02 Å². The Morgan fingerprint density at radius 3 is 1.14 bits per heavy atom.